The zero-order valence-electron chi connectivity index (χ0n) is 37.9. The van der Waals surface area contributed by atoms with E-state index in [1.807, 2.05) is 5.01 Å². The number of fused-ring (bicyclic) bond motifs is 14. The number of carbonyl (C=O) groups excluding carboxylic acids is 3. The predicted octanol–water partition coefficient (Wildman–Crippen LogP) is 4.62. The number of nitrogens with one attached hydrogen (secondary N) is 1. The van der Waals surface area contributed by atoms with Gasteiger partial charge in [-0.3, -0.25) is 24.3 Å². The van der Waals surface area contributed by atoms with Crippen LogP contribution in [-0.4, -0.2) is 141 Å². The number of hydrogen-bond donors (Lipinski definition) is 7. The largest absolute Gasteiger partial charge is 0.507 e. The Kier molecular flexibility index (Phi) is 15.0. The van der Waals surface area contributed by atoms with Crippen molar-refractivity contribution in [2.24, 2.45) is 28.8 Å². The Morgan fingerprint density at radius 3 is 2.27 bits per heavy atom. The summed E-state index contributed by atoms with van der Waals surface area (Å²) in [6, 6.07) is 0.545. The van der Waals surface area contributed by atoms with Gasteiger partial charge in [-0.15, -0.1) is 0 Å². The molecule has 1 amide bonds. The van der Waals surface area contributed by atoms with E-state index in [4.69, 9.17) is 18.9 Å². The summed E-state index contributed by atoms with van der Waals surface area (Å²) >= 11 is 0. The molecule has 64 heavy (non-hydrogen) atoms. The van der Waals surface area contributed by atoms with Gasteiger partial charge in [0.2, 0.25) is 0 Å². The number of carbonyl (C=O) groups is 3. The van der Waals surface area contributed by atoms with E-state index >= 15 is 0 Å². The van der Waals surface area contributed by atoms with Gasteiger partial charge in [0, 0.05) is 93.4 Å². The molecule has 1 saturated carbocycles. The minimum absolute atomic E-state index is 0.0409. The van der Waals surface area contributed by atoms with Crippen LogP contribution in [-0.2, 0) is 23.8 Å². The third-order valence-corrected chi connectivity index (χ3v) is 13.5. The molecule has 1 saturated heterocycles. The number of aliphatic hydroxyl groups is 3. The second kappa shape index (κ2) is 19.9. The van der Waals surface area contributed by atoms with Crippen LogP contribution >= 0.6 is 0 Å². The molecule has 0 spiro atoms. The van der Waals surface area contributed by atoms with Gasteiger partial charge < -0.3 is 54.9 Å². The lowest BCUT2D eigenvalue weighted by Crippen LogP contribution is -2.49. The summed E-state index contributed by atoms with van der Waals surface area (Å²) < 4.78 is 23.6. The molecule has 0 radical (unpaired) electrons. The van der Waals surface area contributed by atoms with E-state index < -0.39 is 95.4 Å². The number of rotatable bonds is 6. The van der Waals surface area contributed by atoms with Gasteiger partial charge in [-0.1, -0.05) is 51.8 Å². The molecule has 17 heteroatoms. The van der Waals surface area contributed by atoms with E-state index in [9.17, 15) is 45.0 Å². The van der Waals surface area contributed by atoms with Crippen LogP contribution in [0.4, 0.5) is 5.69 Å². The van der Waals surface area contributed by atoms with Crippen LogP contribution in [0.5, 0.6) is 23.0 Å². The third-order valence-electron chi connectivity index (χ3n) is 13.5. The number of aromatic hydroxyl groups is 3. The molecule has 2 fully saturated rings. The number of esters is 1. The van der Waals surface area contributed by atoms with Gasteiger partial charge in [0.15, 0.2) is 5.75 Å². The second-order valence-corrected chi connectivity index (χ2v) is 17.8. The Bertz CT molecular complexity index is 2210. The molecular formula is C47H64N4O13. The first-order valence-corrected chi connectivity index (χ1v) is 22.1. The zero-order valence-corrected chi connectivity index (χ0v) is 37.9. The van der Waals surface area contributed by atoms with Crippen LogP contribution in [0.25, 0.3) is 10.8 Å². The van der Waals surface area contributed by atoms with Gasteiger partial charge in [0.1, 0.15) is 23.4 Å². The molecule has 350 valence electrons. The Hall–Kier alpha value is -5.20. The van der Waals surface area contributed by atoms with Crippen molar-refractivity contribution in [1.29, 1.82) is 0 Å². The van der Waals surface area contributed by atoms with Gasteiger partial charge in [0.25, 0.3) is 11.7 Å². The molecule has 5 aliphatic rings. The first-order valence-electron chi connectivity index (χ1n) is 22.1. The van der Waals surface area contributed by atoms with Crippen molar-refractivity contribution in [2.75, 3.05) is 45.2 Å². The highest BCUT2D eigenvalue weighted by Crippen LogP contribution is 2.55. The number of allylic oxidation sites excluding steroid dienone is 2. The molecule has 0 aromatic heterocycles. The molecule has 0 unspecified atom stereocenters. The van der Waals surface area contributed by atoms with Gasteiger partial charge in [-0.2, -0.15) is 5.10 Å². The van der Waals surface area contributed by atoms with Crippen LogP contribution in [0.3, 0.4) is 0 Å². The van der Waals surface area contributed by atoms with E-state index in [0.29, 0.717) is 19.1 Å². The molecular weight excluding hydrogens is 829 g/mol. The Labute approximate surface area is 373 Å². The fourth-order valence-corrected chi connectivity index (χ4v) is 9.49. The predicted molar refractivity (Wildman–Crippen MR) is 238 cm³/mol. The summed E-state index contributed by atoms with van der Waals surface area (Å²) in [5.74, 6) is -9.34. The lowest BCUT2D eigenvalue weighted by molar-refractivity contribution is -0.164. The number of nitrogens with zero attached hydrogens (tertiary/aromatic N) is 3. The van der Waals surface area contributed by atoms with Crippen LogP contribution < -0.4 is 10.1 Å². The lowest BCUT2D eigenvalue weighted by atomic mass is 9.78. The third kappa shape index (κ3) is 9.45. The molecule has 9 atom stereocenters. The summed E-state index contributed by atoms with van der Waals surface area (Å²) in [4.78, 5) is 43.3. The number of benzene rings is 2. The normalized spacial score (nSPS) is 32.0. The van der Waals surface area contributed by atoms with Gasteiger partial charge in [0.05, 0.1) is 59.6 Å². The van der Waals surface area contributed by atoms with Gasteiger partial charge >= 0.3 is 11.8 Å². The first-order chi connectivity index (χ1) is 30.3. The number of Topliss-reactive ketones (excluding diaryl/α,β-unsaturated/α-hetero) is 1. The molecule has 2 aromatic rings. The number of amides is 1. The van der Waals surface area contributed by atoms with Crippen molar-refractivity contribution in [3.05, 3.63) is 52.8 Å². The lowest BCUT2D eigenvalue weighted by Gasteiger charge is -2.38. The van der Waals surface area contributed by atoms with E-state index in [2.05, 4.69) is 15.3 Å². The summed E-state index contributed by atoms with van der Waals surface area (Å²) in [7, 11) is 1.39. The molecule has 7 N–H and O–H groups in total. The number of ether oxygens (including phenoxy) is 4. The van der Waals surface area contributed by atoms with E-state index in [1.165, 1.54) is 78.9 Å². The molecule has 7 rings (SSSR count). The molecule has 5 bridgehead atoms. The summed E-state index contributed by atoms with van der Waals surface area (Å²) in [6.07, 6.45) is 8.77. The quantitative estimate of drug-likeness (QED) is 0.0907. The average molecular weight is 893 g/mol. The van der Waals surface area contributed by atoms with E-state index in [-0.39, 0.29) is 44.5 Å². The number of hydrazone groups is 1. The summed E-state index contributed by atoms with van der Waals surface area (Å²) in [5, 5.41) is 78.1. The maximum Gasteiger partial charge on any atom is 0.312 e. The van der Waals surface area contributed by atoms with Crippen molar-refractivity contribution in [2.45, 2.75) is 110 Å². The minimum Gasteiger partial charge on any atom is -0.507 e. The Morgan fingerprint density at radius 2 is 1.64 bits per heavy atom. The topological polar surface area (TPSA) is 240 Å². The van der Waals surface area contributed by atoms with Crippen LogP contribution in [0.15, 0.2) is 41.2 Å². The fraction of sp³-hybridized carbons (Fsp3) is 0.574. The number of hydrogen-bond acceptors (Lipinski definition) is 16. The smallest absolute Gasteiger partial charge is 0.312 e. The first kappa shape index (κ1) is 48.3. The van der Waals surface area contributed by atoms with Crippen LogP contribution in [0, 0.1) is 30.6 Å². The van der Waals surface area contributed by atoms with Crippen molar-refractivity contribution < 1.29 is 64.0 Å². The number of phenols is 3. The maximum absolute atomic E-state index is 14.5. The molecule has 1 aliphatic carbocycles. The van der Waals surface area contributed by atoms with Crippen LogP contribution in [0.2, 0.25) is 0 Å². The van der Waals surface area contributed by atoms with Gasteiger partial charge in [-0.05, 0) is 32.8 Å². The van der Waals surface area contributed by atoms with Gasteiger partial charge in [-0.25, -0.2) is 0 Å². The summed E-state index contributed by atoms with van der Waals surface area (Å²) in [6.45, 7) is 12.6. The molecule has 4 aliphatic heterocycles. The highest BCUT2D eigenvalue weighted by molar-refractivity contribution is 6.23. The fourth-order valence-electron chi connectivity index (χ4n) is 9.49. The second-order valence-electron chi connectivity index (χ2n) is 17.8. The molecule has 4 heterocycles. The Morgan fingerprint density at radius 1 is 0.969 bits per heavy atom. The van der Waals surface area contributed by atoms with E-state index in [1.54, 1.807) is 32.9 Å². The van der Waals surface area contributed by atoms with E-state index in [0.717, 1.165) is 19.4 Å². The molecule has 2 aromatic carbocycles. The average Bonchev–Trinajstić information content (AvgIpc) is 3.90. The number of piperazine rings is 1. The SMILES string of the molecule is CO[C@H]1/C=C/O[C@@]2(C)Oc3c(C)c(O)c4c(O)c(c(/C=N/N5CCN(C6CCCC6)CC5)c(O)c4c3C2=O)NC(=O)/C(C)=C\C=C\[C@H](C)[C@H](O)[C@@H](C)[C@@H](O)[C@@H](CO)[C@H](OC(C)=O)[C@@H]1C. The van der Waals surface area contributed by atoms with Crippen molar-refractivity contribution >= 4 is 40.3 Å². The maximum atomic E-state index is 14.5. The Balaban J connectivity index is 1.48. The van der Waals surface area contributed by atoms with Crippen LogP contribution in [0.1, 0.15) is 88.7 Å². The highest BCUT2D eigenvalue weighted by Gasteiger charge is 2.50. The minimum atomic E-state index is -2.08. The number of phenolic OH excluding ortho intramolecular Hbond substituents is 3. The zero-order chi connectivity index (χ0) is 46.8. The number of anilines is 1. The number of methoxy groups -OCH3 is 1. The van der Waals surface area contributed by atoms with Crippen molar-refractivity contribution in [3.8, 4) is 23.0 Å². The monoisotopic (exact) mass is 892 g/mol. The number of aliphatic hydroxyl groups excluding tert-OH is 3. The van der Waals surface area contributed by atoms with Crippen molar-refractivity contribution in [1.82, 2.24) is 9.91 Å². The molecule has 17 nitrogen and oxygen atoms in total. The van der Waals surface area contributed by atoms with Crippen molar-refractivity contribution in [3.63, 3.8) is 0 Å². The number of ketones is 1. The summed E-state index contributed by atoms with van der Waals surface area (Å²) in [5.41, 5.74) is -0.407. The highest BCUT2D eigenvalue weighted by atomic mass is 16.7. The standard InChI is InChI=1S/C47H64N4O13/c1-24-12-11-13-25(2)46(60)49-37-31(22-48-51-19-17-50(18-20-51)30-14-9-10-15-30)41(57)34-35(42(37)58)40(56)28(5)44-36(34)45(59)47(7,64-44)62-21-16-33(61-8)26(3)43(63-29(6)53)32(23-52)39(55)27(4)38(24)54/h11-13,16,21-22,24,26-27,30,32-33,38-39,43,52,54-58H,9-10,14-15,17-20,23H2,1-8H3,(H,49,60)/b12-11+,21-16+,25-13-,48-22+/t24-,26+,27+,32+,33-,38-,39+,43+,47-/m0/s1.